The number of H-pyrrole nitrogens is 1. The van der Waals surface area contributed by atoms with E-state index in [0.29, 0.717) is 17.3 Å². The highest BCUT2D eigenvalue weighted by atomic mass is 32.2. The van der Waals surface area contributed by atoms with E-state index < -0.39 is 10.8 Å². The molecule has 2 rings (SSSR count). The number of hydrogen-bond acceptors (Lipinski definition) is 3. The van der Waals surface area contributed by atoms with E-state index in [1.165, 1.54) is 0 Å². The molecule has 2 amide bonds. The fraction of sp³-hybridized carbons (Fsp3) is 0.375. The first-order valence-corrected chi connectivity index (χ1v) is 8.63. The van der Waals surface area contributed by atoms with E-state index in [9.17, 15) is 9.00 Å². The van der Waals surface area contributed by atoms with Crippen molar-refractivity contribution in [3.8, 4) is 0 Å². The molecule has 0 spiro atoms. The lowest BCUT2D eigenvalue weighted by Crippen LogP contribution is -2.23. The van der Waals surface area contributed by atoms with Crippen molar-refractivity contribution < 1.29 is 9.00 Å². The van der Waals surface area contributed by atoms with Gasteiger partial charge in [-0.3, -0.25) is 14.6 Å². The predicted molar refractivity (Wildman–Crippen MR) is 94.0 cm³/mol. The van der Waals surface area contributed by atoms with Gasteiger partial charge in [0.15, 0.2) is 5.82 Å². The molecule has 1 heterocycles. The minimum Gasteiger partial charge on any atom is -0.308 e. The SMILES string of the molecule is Cc1cc(NC(=O)Nc2cccc(C[S@](=O)C(C)(C)C)c2)n[nH]1. The van der Waals surface area contributed by atoms with Gasteiger partial charge in [-0.25, -0.2) is 4.79 Å². The maximum atomic E-state index is 12.2. The third-order valence-electron chi connectivity index (χ3n) is 3.11. The molecule has 0 saturated heterocycles. The molecule has 3 N–H and O–H groups in total. The number of amides is 2. The summed E-state index contributed by atoms with van der Waals surface area (Å²) >= 11 is 0. The molecule has 0 aliphatic carbocycles. The van der Waals surface area contributed by atoms with Gasteiger partial charge >= 0.3 is 6.03 Å². The van der Waals surface area contributed by atoms with Crippen LogP contribution in [0, 0.1) is 6.92 Å². The van der Waals surface area contributed by atoms with Crippen molar-refractivity contribution in [2.75, 3.05) is 10.6 Å². The molecular formula is C16H22N4O2S. The molecule has 2 aromatic rings. The maximum Gasteiger partial charge on any atom is 0.324 e. The van der Waals surface area contributed by atoms with Crippen molar-refractivity contribution in [3.63, 3.8) is 0 Å². The lowest BCUT2D eigenvalue weighted by molar-refractivity contribution is 0.262. The van der Waals surface area contributed by atoms with E-state index in [1.807, 2.05) is 45.9 Å². The molecule has 0 saturated carbocycles. The summed E-state index contributed by atoms with van der Waals surface area (Å²) in [6, 6.07) is 8.74. The number of benzene rings is 1. The topological polar surface area (TPSA) is 86.9 Å². The molecule has 1 aromatic heterocycles. The Balaban J connectivity index is 1.99. The van der Waals surface area contributed by atoms with E-state index in [0.717, 1.165) is 11.3 Å². The molecule has 0 fully saturated rings. The highest BCUT2D eigenvalue weighted by Gasteiger charge is 2.19. The van der Waals surface area contributed by atoms with Crippen LogP contribution < -0.4 is 10.6 Å². The molecule has 6 nitrogen and oxygen atoms in total. The van der Waals surface area contributed by atoms with Gasteiger partial charge in [-0.1, -0.05) is 12.1 Å². The Kier molecular flexibility index (Phi) is 5.20. The minimum absolute atomic E-state index is 0.265. The van der Waals surface area contributed by atoms with Crippen molar-refractivity contribution in [3.05, 3.63) is 41.6 Å². The summed E-state index contributed by atoms with van der Waals surface area (Å²) < 4.78 is 11.9. The molecule has 0 bridgehead atoms. The fourth-order valence-electron chi connectivity index (χ4n) is 1.87. The number of rotatable bonds is 4. The Morgan fingerprint density at radius 2 is 2.00 bits per heavy atom. The Morgan fingerprint density at radius 1 is 1.26 bits per heavy atom. The number of nitrogens with zero attached hydrogens (tertiary/aromatic N) is 1. The number of aryl methyl sites for hydroxylation is 1. The second-order valence-electron chi connectivity index (χ2n) is 6.32. The summed E-state index contributed by atoms with van der Waals surface area (Å²) in [6.45, 7) is 7.70. The van der Waals surface area contributed by atoms with E-state index >= 15 is 0 Å². The van der Waals surface area contributed by atoms with Crippen LogP contribution in [-0.4, -0.2) is 25.2 Å². The average Bonchev–Trinajstić information content (AvgIpc) is 2.83. The third-order valence-corrected chi connectivity index (χ3v) is 5.07. The number of hydrogen-bond donors (Lipinski definition) is 3. The van der Waals surface area contributed by atoms with E-state index in [-0.39, 0.29) is 10.8 Å². The lowest BCUT2D eigenvalue weighted by Gasteiger charge is -2.18. The van der Waals surface area contributed by atoms with Crippen LogP contribution in [-0.2, 0) is 16.6 Å². The molecule has 0 aliphatic heterocycles. The number of carbonyl (C=O) groups excluding carboxylic acids is 1. The Labute approximate surface area is 138 Å². The van der Waals surface area contributed by atoms with Gasteiger partial charge in [-0.15, -0.1) is 0 Å². The zero-order chi connectivity index (χ0) is 17.0. The zero-order valence-corrected chi connectivity index (χ0v) is 14.6. The second-order valence-corrected chi connectivity index (χ2v) is 8.52. The minimum atomic E-state index is -0.980. The van der Waals surface area contributed by atoms with Crippen molar-refractivity contribution in [1.82, 2.24) is 10.2 Å². The smallest absolute Gasteiger partial charge is 0.308 e. The molecule has 1 aromatic carbocycles. The van der Waals surface area contributed by atoms with Crippen LogP contribution in [0.5, 0.6) is 0 Å². The lowest BCUT2D eigenvalue weighted by atomic mass is 10.2. The zero-order valence-electron chi connectivity index (χ0n) is 13.8. The van der Waals surface area contributed by atoms with Gasteiger partial charge in [0.05, 0.1) is 0 Å². The van der Waals surface area contributed by atoms with Crippen LogP contribution in [0.1, 0.15) is 32.0 Å². The maximum absolute atomic E-state index is 12.2. The van der Waals surface area contributed by atoms with Gasteiger partial charge in [-0.2, -0.15) is 5.10 Å². The molecule has 23 heavy (non-hydrogen) atoms. The van der Waals surface area contributed by atoms with Crippen LogP contribution in [0.25, 0.3) is 0 Å². The van der Waals surface area contributed by atoms with Crippen molar-refractivity contribution in [2.24, 2.45) is 0 Å². The standard InChI is InChI=1S/C16H22N4O2S/c1-11-8-14(20-19-11)18-15(21)17-13-7-5-6-12(9-13)10-23(22)16(2,3)4/h5-9H,10H2,1-4H3,(H3,17,18,19,20,21)/t23-/m0/s1. The van der Waals surface area contributed by atoms with Gasteiger partial charge in [-0.05, 0) is 45.4 Å². The van der Waals surface area contributed by atoms with Gasteiger partial charge in [0.2, 0.25) is 0 Å². The van der Waals surface area contributed by atoms with E-state index in [4.69, 9.17) is 0 Å². The first-order valence-electron chi connectivity index (χ1n) is 7.31. The van der Waals surface area contributed by atoms with Crippen LogP contribution in [0.2, 0.25) is 0 Å². The van der Waals surface area contributed by atoms with Crippen LogP contribution in [0.4, 0.5) is 16.3 Å². The first-order chi connectivity index (χ1) is 10.7. The fourth-order valence-corrected chi connectivity index (χ4v) is 2.78. The number of aromatic nitrogens is 2. The van der Waals surface area contributed by atoms with Gasteiger partial charge in [0.25, 0.3) is 0 Å². The number of anilines is 2. The molecule has 7 heteroatoms. The molecule has 0 unspecified atom stereocenters. The summed E-state index contributed by atoms with van der Waals surface area (Å²) in [5, 5.41) is 12.1. The molecule has 1 atom stereocenters. The number of aromatic amines is 1. The second kappa shape index (κ2) is 6.95. The first kappa shape index (κ1) is 17.2. The van der Waals surface area contributed by atoms with Crippen LogP contribution in [0.15, 0.2) is 30.3 Å². The predicted octanol–water partition coefficient (Wildman–Crippen LogP) is 3.41. The van der Waals surface area contributed by atoms with Gasteiger partial charge in [0.1, 0.15) is 0 Å². The third kappa shape index (κ3) is 5.21. The molecule has 0 radical (unpaired) electrons. The van der Waals surface area contributed by atoms with E-state index in [1.54, 1.807) is 12.1 Å². The molecule has 0 aliphatic rings. The average molecular weight is 334 g/mol. The number of urea groups is 1. The highest BCUT2D eigenvalue weighted by molar-refractivity contribution is 7.85. The monoisotopic (exact) mass is 334 g/mol. The van der Waals surface area contributed by atoms with Crippen LogP contribution in [0.3, 0.4) is 0 Å². The van der Waals surface area contributed by atoms with Crippen molar-refractivity contribution >= 4 is 28.3 Å². The molecular weight excluding hydrogens is 312 g/mol. The largest absolute Gasteiger partial charge is 0.324 e. The summed E-state index contributed by atoms with van der Waals surface area (Å²) in [5.41, 5.74) is 2.44. The van der Waals surface area contributed by atoms with Crippen molar-refractivity contribution in [1.29, 1.82) is 0 Å². The Hall–Kier alpha value is -2.15. The summed E-state index contributed by atoms with van der Waals surface area (Å²) in [4.78, 5) is 11.9. The number of nitrogens with one attached hydrogen (secondary N) is 3. The normalized spacial score (nSPS) is 12.7. The summed E-state index contributed by atoms with van der Waals surface area (Å²) in [5.74, 6) is 0.920. The van der Waals surface area contributed by atoms with E-state index in [2.05, 4.69) is 20.8 Å². The molecule has 124 valence electrons. The summed E-state index contributed by atoms with van der Waals surface area (Å²) in [7, 11) is -0.980. The Bertz CT molecular complexity index is 719. The highest BCUT2D eigenvalue weighted by Crippen LogP contribution is 2.19. The van der Waals surface area contributed by atoms with Gasteiger partial charge in [0, 0.05) is 38.7 Å². The van der Waals surface area contributed by atoms with Crippen LogP contribution >= 0.6 is 0 Å². The Morgan fingerprint density at radius 3 is 2.61 bits per heavy atom. The quantitative estimate of drug-likeness (QED) is 0.801. The van der Waals surface area contributed by atoms with Crippen molar-refractivity contribution in [2.45, 2.75) is 38.2 Å². The van der Waals surface area contributed by atoms with Gasteiger partial charge < -0.3 is 5.32 Å². The number of carbonyl (C=O) groups is 1. The summed E-state index contributed by atoms with van der Waals surface area (Å²) in [6.07, 6.45) is 0.